The molecule has 0 radical (unpaired) electrons. The number of ether oxygens (including phenoxy) is 4. The van der Waals surface area contributed by atoms with Gasteiger partial charge in [0.1, 0.15) is 24.4 Å². The smallest absolute Gasteiger partial charge is 0.325 e. The van der Waals surface area contributed by atoms with E-state index >= 15 is 0 Å². The number of hydrogen-bond acceptors (Lipinski definition) is 9. The van der Waals surface area contributed by atoms with E-state index in [-0.39, 0.29) is 12.2 Å². The number of H-pyrrole nitrogens is 2. The van der Waals surface area contributed by atoms with Crippen LogP contribution in [0, 0.1) is 5.41 Å². The lowest BCUT2D eigenvalue weighted by atomic mass is 9.93. The molecule has 0 saturated carbocycles. The van der Waals surface area contributed by atoms with Crippen LogP contribution in [0.4, 0.5) is 4.79 Å². The van der Waals surface area contributed by atoms with Crippen molar-refractivity contribution in [1.29, 1.82) is 0 Å². The van der Waals surface area contributed by atoms with E-state index in [1.165, 1.54) is 20.2 Å². The number of aromatic amines is 2. The van der Waals surface area contributed by atoms with Crippen molar-refractivity contribution in [2.75, 3.05) is 13.7 Å². The quantitative estimate of drug-likeness (QED) is 0.407. The molecule has 13 heteroatoms. The molecule has 1 aromatic rings. The second-order valence-electron chi connectivity index (χ2n) is 8.92. The fourth-order valence-corrected chi connectivity index (χ4v) is 3.73. The Hall–Kier alpha value is -3.03. The third-order valence-electron chi connectivity index (χ3n) is 5.36. The van der Waals surface area contributed by atoms with Crippen LogP contribution < -0.4 is 21.9 Å². The van der Waals surface area contributed by atoms with Crippen LogP contribution in [0.5, 0.6) is 0 Å². The number of esters is 1. The summed E-state index contributed by atoms with van der Waals surface area (Å²) in [5.74, 6) is -1.12. The summed E-state index contributed by atoms with van der Waals surface area (Å²) in [4.78, 5) is 64.6. The first-order chi connectivity index (χ1) is 15.4. The maximum atomic E-state index is 12.7. The minimum Gasteiger partial charge on any atom is -0.456 e. The molecule has 4 N–H and O–H groups in total. The van der Waals surface area contributed by atoms with Gasteiger partial charge in [-0.3, -0.25) is 24.7 Å². The van der Waals surface area contributed by atoms with Gasteiger partial charge in [-0.15, -0.1) is 0 Å². The average molecular weight is 468 g/mol. The van der Waals surface area contributed by atoms with Crippen molar-refractivity contribution >= 4 is 17.9 Å². The molecule has 33 heavy (non-hydrogen) atoms. The Morgan fingerprint density at radius 1 is 1.18 bits per heavy atom. The molecule has 2 aliphatic heterocycles. The van der Waals surface area contributed by atoms with E-state index in [1.54, 1.807) is 20.8 Å². The predicted molar refractivity (Wildman–Crippen MR) is 111 cm³/mol. The number of fused-ring (bicyclic) bond motifs is 1. The van der Waals surface area contributed by atoms with Crippen LogP contribution in [-0.4, -0.2) is 72.0 Å². The predicted octanol–water partition coefficient (Wildman–Crippen LogP) is -0.911. The molecular formula is C20H28N4O9. The first kappa shape index (κ1) is 24.6. The molecule has 182 valence electrons. The first-order valence-corrected chi connectivity index (χ1v) is 10.3. The molecule has 6 atom stereocenters. The molecule has 1 unspecified atom stereocenters. The Bertz CT molecular complexity index is 1030. The van der Waals surface area contributed by atoms with Crippen LogP contribution in [0.3, 0.4) is 0 Å². The van der Waals surface area contributed by atoms with Gasteiger partial charge in [-0.25, -0.2) is 9.59 Å². The fraction of sp³-hybridized carbons (Fsp3) is 0.650. The van der Waals surface area contributed by atoms with Gasteiger partial charge in [0.25, 0.3) is 5.56 Å². The van der Waals surface area contributed by atoms with Gasteiger partial charge in [0.15, 0.2) is 6.10 Å². The topological polar surface area (TPSA) is 178 Å². The molecule has 3 heterocycles. The third kappa shape index (κ3) is 5.31. The SMILES string of the molecule is CO[C@@H]1CO[C@H]2C(OC(=O)C(C)(C)C)[C@H](c3c[nH]c(=O)[nH]c3=O)O[C@@H]2[C@@H]1NC(=O)NC(C)=O. The fourth-order valence-electron chi connectivity index (χ4n) is 3.73. The minimum absolute atomic E-state index is 0.0141. The molecule has 0 spiro atoms. The molecule has 0 aromatic carbocycles. The van der Waals surface area contributed by atoms with Gasteiger partial charge in [0, 0.05) is 20.2 Å². The van der Waals surface area contributed by atoms with E-state index in [4.69, 9.17) is 18.9 Å². The number of carbonyl (C=O) groups excluding carboxylic acids is 3. The van der Waals surface area contributed by atoms with Gasteiger partial charge < -0.3 is 29.2 Å². The van der Waals surface area contributed by atoms with Crippen LogP contribution in [-0.2, 0) is 28.5 Å². The van der Waals surface area contributed by atoms with E-state index in [2.05, 4.69) is 20.6 Å². The largest absolute Gasteiger partial charge is 0.456 e. The summed E-state index contributed by atoms with van der Waals surface area (Å²) in [5.41, 5.74) is -2.27. The highest BCUT2D eigenvalue weighted by Gasteiger charge is 2.57. The van der Waals surface area contributed by atoms with Crippen molar-refractivity contribution in [3.8, 4) is 0 Å². The zero-order valence-electron chi connectivity index (χ0n) is 18.9. The van der Waals surface area contributed by atoms with Crippen molar-refractivity contribution in [3.05, 3.63) is 32.6 Å². The molecule has 0 bridgehead atoms. The summed E-state index contributed by atoms with van der Waals surface area (Å²) in [6, 6.07) is -1.58. The van der Waals surface area contributed by atoms with E-state index in [0.29, 0.717) is 0 Å². The summed E-state index contributed by atoms with van der Waals surface area (Å²) in [5, 5.41) is 4.75. The van der Waals surface area contributed by atoms with Crippen molar-refractivity contribution < 1.29 is 33.3 Å². The van der Waals surface area contributed by atoms with E-state index in [9.17, 15) is 24.0 Å². The normalized spacial score (nSPS) is 29.1. The Labute approximate surface area is 188 Å². The lowest BCUT2D eigenvalue weighted by Crippen LogP contribution is -2.62. The molecule has 2 fully saturated rings. The first-order valence-electron chi connectivity index (χ1n) is 10.3. The van der Waals surface area contributed by atoms with Gasteiger partial charge in [-0.1, -0.05) is 0 Å². The minimum atomic E-state index is -1.11. The number of nitrogens with one attached hydrogen (secondary N) is 4. The molecule has 1 aromatic heterocycles. The Morgan fingerprint density at radius 2 is 1.88 bits per heavy atom. The Morgan fingerprint density at radius 3 is 2.45 bits per heavy atom. The highest BCUT2D eigenvalue weighted by molar-refractivity contribution is 5.93. The van der Waals surface area contributed by atoms with Crippen LogP contribution >= 0.6 is 0 Å². The second-order valence-corrected chi connectivity index (χ2v) is 8.92. The summed E-state index contributed by atoms with van der Waals surface area (Å²) in [6.07, 6.45) is -3.43. The standard InChI is InChI=1S/C20H28N4O9/c1-8(25)22-19(29)23-11-10(30-5)7-31-14-13(11)32-12(9-6-21-18(28)24-16(9)26)15(14)33-17(27)20(2,3)4/h6,10-15H,7H2,1-5H3,(H2,21,24,26,28)(H2,22,23,25,29)/t10-,11-,12+,13-,14-,15?/m1/s1. The molecule has 2 saturated heterocycles. The molecule has 13 nitrogen and oxygen atoms in total. The van der Waals surface area contributed by atoms with Crippen LogP contribution in [0.25, 0.3) is 0 Å². The highest BCUT2D eigenvalue weighted by Crippen LogP contribution is 2.41. The van der Waals surface area contributed by atoms with Crippen molar-refractivity contribution in [3.63, 3.8) is 0 Å². The highest BCUT2D eigenvalue weighted by atomic mass is 16.6. The number of amides is 3. The lowest BCUT2D eigenvalue weighted by molar-refractivity contribution is -0.173. The maximum absolute atomic E-state index is 12.7. The number of rotatable bonds is 4. The Kier molecular flexibility index (Phi) is 7.05. The molecule has 3 rings (SSSR count). The molecule has 3 amide bonds. The summed E-state index contributed by atoms with van der Waals surface area (Å²) >= 11 is 0. The zero-order chi connectivity index (χ0) is 24.5. The number of hydrogen-bond donors (Lipinski definition) is 4. The third-order valence-corrected chi connectivity index (χ3v) is 5.36. The monoisotopic (exact) mass is 468 g/mol. The number of methoxy groups -OCH3 is 1. The van der Waals surface area contributed by atoms with Gasteiger partial charge in [-0.05, 0) is 20.8 Å². The molecule has 0 aliphatic carbocycles. The van der Waals surface area contributed by atoms with Crippen LogP contribution in [0.1, 0.15) is 39.4 Å². The average Bonchev–Trinajstić information content (AvgIpc) is 3.05. The molecule has 2 aliphatic rings. The van der Waals surface area contributed by atoms with E-state index in [0.717, 1.165) is 0 Å². The van der Waals surface area contributed by atoms with Crippen LogP contribution in [0.15, 0.2) is 15.8 Å². The number of urea groups is 1. The van der Waals surface area contributed by atoms with Gasteiger partial charge in [0.2, 0.25) is 5.91 Å². The van der Waals surface area contributed by atoms with Crippen molar-refractivity contribution in [1.82, 2.24) is 20.6 Å². The van der Waals surface area contributed by atoms with E-state index < -0.39 is 71.1 Å². The second kappa shape index (κ2) is 9.45. The van der Waals surface area contributed by atoms with Crippen molar-refractivity contribution in [2.45, 2.75) is 64.3 Å². The number of aromatic nitrogens is 2. The summed E-state index contributed by atoms with van der Waals surface area (Å²) in [7, 11) is 1.42. The Balaban J connectivity index is 1.98. The summed E-state index contributed by atoms with van der Waals surface area (Å²) in [6.45, 7) is 6.22. The van der Waals surface area contributed by atoms with Gasteiger partial charge >= 0.3 is 17.7 Å². The summed E-state index contributed by atoms with van der Waals surface area (Å²) < 4.78 is 23.1. The maximum Gasteiger partial charge on any atom is 0.325 e. The molecular weight excluding hydrogens is 440 g/mol. The number of imide groups is 1. The van der Waals surface area contributed by atoms with Gasteiger partial charge in [-0.2, -0.15) is 0 Å². The zero-order valence-corrected chi connectivity index (χ0v) is 18.9. The van der Waals surface area contributed by atoms with E-state index in [1.807, 2.05) is 0 Å². The number of carbonyl (C=O) groups is 3. The van der Waals surface area contributed by atoms with Crippen molar-refractivity contribution in [2.24, 2.45) is 5.41 Å². The van der Waals surface area contributed by atoms with Crippen LogP contribution in [0.2, 0.25) is 0 Å². The van der Waals surface area contributed by atoms with Gasteiger partial charge in [0.05, 0.1) is 23.6 Å². The lowest BCUT2D eigenvalue weighted by Gasteiger charge is -2.39.